The molecule has 0 heterocycles. The average molecular weight is 383 g/mol. The van der Waals surface area contributed by atoms with E-state index in [-0.39, 0.29) is 11.5 Å². The van der Waals surface area contributed by atoms with E-state index in [1.807, 2.05) is 12.2 Å². The van der Waals surface area contributed by atoms with Gasteiger partial charge in [-0.2, -0.15) is 0 Å². The lowest BCUT2D eigenvalue weighted by atomic mass is 10.1. The Bertz CT molecular complexity index is 720. The number of ether oxygens (including phenoxy) is 3. The summed E-state index contributed by atoms with van der Waals surface area (Å²) in [5.41, 5.74) is -0.992. The fourth-order valence-electron chi connectivity index (χ4n) is 1.98. The van der Waals surface area contributed by atoms with Gasteiger partial charge in [0.25, 0.3) is 11.6 Å². The summed E-state index contributed by atoms with van der Waals surface area (Å²) in [5, 5.41) is 15.6. The van der Waals surface area contributed by atoms with Gasteiger partial charge in [0.15, 0.2) is 18.1 Å². The van der Waals surface area contributed by atoms with Crippen molar-refractivity contribution >= 4 is 23.6 Å². The Morgan fingerprint density at radius 2 is 1.78 bits per heavy atom. The number of nitro benzene ring substituents is 1. The third kappa shape index (κ3) is 6.45. The maximum Gasteiger partial charge on any atom is 0.345 e. The van der Waals surface area contributed by atoms with Crippen molar-refractivity contribution in [2.75, 3.05) is 27.4 Å². The maximum atomic E-state index is 12.1. The minimum Gasteiger partial charge on any atom is -0.493 e. The van der Waals surface area contributed by atoms with Gasteiger partial charge in [0, 0.05) is 12.6 Å². The summed E-state index contributed by atoms with van der Waals surface area (Å²) >= 11 is 0. The Labute approximate surface area is 155 Å². The number of methoxy groups -OCH3 is 2. The zero-order valence-corrected chi connectivity index (χ0v) is 15.2. The molecular weight excluding hydrogens is 362 g/mol. The lowest BCUT2D eigenvalue weighted by Gasteiger charge is -2.10. The van der Waals surface area contributed by atoms with Crippen molar-refractivity contribution in [3.05, 3.63) is 27.8 Å². The van der Waals surface area contributed by atoms with E-state index in [1.165, 1.54) is 14.2 Å². The first-order valence-electron chi connectivity index (χ1n) is 7.99. The van der Waals surface area contributed by atoms with Gasteiger partial charge in [-0.15, -0.1) is 0 Å². The van der Waals surface area contributed by atoms with Crippen LogP contribution in [0.2, 0.25) is 0 Å². The van der Waals surface area contributed by atoms with Crippen LogP contribution in [0.3, 0.4) is 0 Å². The minimum absolute atomic E-state index is 0.0576. The second-order valence-corrected chi connectivity index (χ2v) is 5.22. The van der Waals surface area contributed by atoms with E-state index in [0.29, 0.717) is 6.54 Å². The van der Waals surface area contributed by atoms with Gasteiger partial charge in [-0.05, 0) is 6.42 Å². The standard InChI is InChI=1S/C16H21N3O8/c1-4-5-6-17-16(22)18-14(20)9-27-15(21)10-7-12(25-2)13(26-3)8-11(10)19(23)24/h7-8H,4-6,9H2,1-3H3,(H2,17,18,20,22). The molecule has 0 aromatic heterocycles. The Morgan fingerprint density at radius 1 is 1.15 bits per heavy atom. The van der Waals surface area contributed by atoms with E-state index >= 15 is 0 Å². The van der Waals surface area contributed by atoms with Gasteiger partial charge in [-0.25, -0.2) is 9.59 Å². The van der Waals surface area contributed by atoms with Crippen LogP contribution in [0.15, 0.2) is 12.1 Å². The number of imide groups is 1. The molecule has 0 aliphatic carbocycles. The molecule has 1 rings (SSSR count). The van der Waals surface area contributed by atoms with Crippen LogP contribution in [0.4, 0.5) is 10.5 Å². The van der Waals surface area contributed by atoms with Gasteiger partial charge in [0.05, 0.1) is 25.2 Å². The van der Waals surface area contributed by atoms with Crippen molar-refractivity contribution in [1.82, 2.24) is 10.6 Å². The molecule has 0 bridgehead atoms. The average Bonchev–Trinajstić information content (AvgIpc) is 2.64. The van der Waals surface area contributed by atoms with E-state index in [2.05, 4.69) is 5.32 Å². The van der Waals surface area contributed by atoms with Crippen molar-refractivity contribution in [1.29, 1.82) is 0 Å². The number of nitrogens with one attached hydrogen (secondary N) is 2. The molecule has 1 aromatic carbocycles. The van der Waals surface area contributed by atoms with Crippen LogP contribution >= 0.6 is 0 Å². The number of nitrogens with zero attached hydrogens (tertiary/aromatic N) is 1. The van der Waals surface area contributed by atoms with Gasteiger partial charge < -0.3 is 19.5 Å². The maximum absolute atomic E-state index is 12.1. The smallest absolute Gasteiger partial charge is 0.345 e. The highest BCUT2D eigenvalue weighted by atomic mass is 16.6. The van der Waals surface area contributed by atoms with Crippen LogP contribution in [0.25, 0.3) is 0 Å². The van der Waals surface area contributed by atoms with Crippen molar-refractivity contribution < 1.29 is 33.5 Å². The molecule has 148 valence electrons. The summed E-state index contributed by atoms with van der Waals surface area (Å²) in [7, 11) is 2.58. The zero-order valence-electron chi connectivity index (χ0n) is 15.2. The first-order chi connectivity index (χ1) is 12.8. The highest BCUT2D eigenvalue weighted by Gasteiger charge is 2.26. The number of hydrogen-bond donors (Lipinski definition) is 2. The quantitative estimate of drug-likeness (QED) is 0.281. The van der Waals surface area contributed by atoms with Crippen LogP contribution in [-0.4, -0.2) is 50.2 Å². The van der Waals surface area contributed by atoms with E-state index in [9.17, 15) is 24.5 Å². The van der Waals surface area contributed by atoms with Crippen molar-refractivity contribution in [2.45, 2.75) is 19.8 Å². The molecule has 0 aliphatic heterocycles. The number of esters is 1. The number of amides is 3. The number of carbonyl (C=O) groups excluding carboxylic acids is 3. The molecule has 1 aromatic rings. The number of unbranched alkanes of at least 4 members (excludes halogenated alkanes) is 1. The van der Waals surface area contributed by atoms with Crippen LogP contribution in [0, 0.1) is 10.1 Å². The molecule has 27 heavy (non-hydrogen) atoms. The predicted molar refractivity (Wildman–Crippen MR) is 92.9 cm³/mol. The molecule has 0 fully saturated rings. The predicted octanol–water partition coefficient (Wildman–Crippen LogP) is 1.39. The second kappa shape index (κ2) is 10.6. The Kier molecular flexibility index (Phi) is 8.49. The van der Waals surface area contributed by atoms with Gasteiger partial charge >= 0.3 is 12.0 Å². The first kappa shape index (κ1) is 21.7. The topological polar surface area (TPSA) is 146 Å². The summed E-state index contributed by atoms with van der Waals surface area (Å²) < 4.78 is 14.7. The molecule has 0 atom stereocenters. The Hall–Kier alpha value is -3.37. The number of urea groups is 1. The van der Waals surface area contributed by atoms with Crippen molar-refractivity contribution in [3.63, 3.8) is 0 Å². The lowest BCUT2D eigenvalue weighted by Crippen LogP contribution is -2.41. The molecule has 0 radical (unpaired) electrons. The highest BCUT2D eigenvalue weighted by Crippen LogP contribution is 2.34. The molecule has 11 heteroatoms. The lowest BCUT2D eigenvalue weighted by molar-refractivity contribution is -0.385. The summed E-state index contributed by atoms with van der Waals surface area (Å²) in [6.45, 7) is 1.55. The van der Waals surface area contributed by atoms with Gasteiger partial charge in [-0.1, -0.05) is 13.3 Å². The summed E-state index contributed by atoms with van der Waals surface area (Å²) in [6, 6.07) is 1.37. The van der Waals surface area contributed by atoms with E-state index in [1.54, 1.807) is 0 Å². The third-order valence-corrected chi connectivity index (χ3v) is 3.32. The normalized spacial score (nSPS) is 9.89. The number of hydrogen-bond acceptors (Lipinski definition) is 8. The fraction of sp³-hybridized carbons (Fsp3) is 0.438. The summed E-state index contributed by atoms with van der Waals surface area (Å²) in [6.07, 6.45) is 1.62. The fourth-order valence-corrected chi connectivity index (χ4v) is 1.98. The SMILES string of the molecule is CCCCNC(=O)NC(=O)COC(=O)c1cc(OC)c(OC)cc1[N+](=O)[O-]. The molecule has 11 nitrogen and oxygen atoms in total. The zero-order chi connectivity index (χ0) is 20.4. The summed E-state index contributed by atoms with van der Waals surface area (Å²) in [4.78, 5) is 45.6. The largest absolute Gasteiger partial charge is 0.493 e. The van der Waals surface area contributed by atoms with Gasteiger partial charge in [-0.3, -0.25) is 20.2 Å². The molecule has 0 spiro atoms. The van der Waals surface area contributed by atoms with E-state index in [0.717, 1.165) is 25.0 Å². The summed E-state index contributed by atoms with van der Waals surface area (Å²) in [5.74, 6) is -1.86. The monoisotopic (exact) mass is 383 g/mol. The van der Waals surface area contributed by atoms with E-state index in [4.69, 9.17) is 14.2 Å². The van der Waals surface area contributed by atoms with Crippen LogP contribution in [-0.2, 0) is 9.53 Å². The second-order valence-electron chi connectivity index (χ2n) is 5.22. The molecule has 0 aliphatic rings. The van der Waals surface area contributed by atoms with Gasteiger partial charge in [0.2, 0.25) is 0 Å². The number of nitro groups is 1. The number of benzene rings is 1. The van der Waals surface area contributed by atoms with Gasteiger partial charge in [0.1, 0.15) is 5.56 Å². The Morgan fingerprint density at radius 3 is 2.33 bits per heavy atom. The molecular formula is C16H21N3O8. The van der Waals surface area contributed by atoms with Crippen molar-refractivity contribution in [3.8, 4) is 11.5 Å². The minimum atomic E-state index is -1.12. The van der Waals surface area contributed by atoms with Crippen LogP contribution < -0.4 is 20.1 Å². The molecule has 0 saturated heterocycles. The molecule has 3 amide bonds. The van der Waals surface area contributed by atoms with Crippen LogP contribution in [0.5, 0.6) is 11.5 Å². The van der Waals surface area contributed by atoms with Crippen LogP contribution in [0.1, 0.15) is 30.1 Å². The number of rotatable bonds is 9. The Balaban J connectivity index is 2.77. The highest BCUT2D eigenvalue weighted by molar-refractivity contribution is 5.98. The molecule has 0 unspecified atom stereocenters. The van der Waals surface area contributed by atoms with Crippen molar-refractivity contribution in [2.24, 2.45) is 0 Å². The molecule has 0 saturated carbocycles. The third-order valence-electron chi connectivity index (χ3n) is 3.32. The number of carbonyl (C=O) groups is 3. The molecule has 2 N–H and O–H groups in total. The first-order valence-corrected chi connectivity index (χ1v) is 7.99. The van der Waals surface area contributed by atoms with E-state index < -0.39 is 40.7 Å².